The van der Waals surface area contributed by atoms with Crippen molar-refractivity contribution in [1.29, 1.82) is 0 Å². The van der Waals surface area contributed by atoms with Crippen LogP contribution in [-0.4, -0.2) is 21.3 Å². The van der Waals surface area contributed by atoms with E-state index >= 15 is 0 Å². The van der Waals surface area contributed by atoms with Crippen LogP contribution in [0, 0.1) is 20.8 Å². The van der Waals surface area contributed by atoms with E-state index in [0.717, 1.165) is 28.0 Å². The van der Waals surface area contributed by atoms with Crippen molar-refractivity contribution < 1.29 is 13.2 Å². The van der Waals surface area contributed by atoms with Gasteiger partial charge < -0.3 is 4.74 Å². The molecule has 0 aliphatic heterocycles. The molecule has 0 amide bonds. The fourth-order valence-corrected chi connectivity index (χ4v) is 2.64. The maximum atomic E-state index is 10.9. The van der Waals surface area contributed by atoms with Crippen molar-refractivity contribution in [3.8, 4) is 5.75 Å². The van der Waals surface area contributed by atoms with Crippen LogP contribution in [0.15, 0.2) is 6.07 Å². The Morgan fingerprint density at radius 3 is 2.29 bits per heavy atom. The molecule has 1 aromatic rings. The number of hydrogen-bond acceptors (Lipinski definition) is 3. The van der Waals surface area contributed by atoms with Crippen molar-refractivity contribution in [1.82, 2.24) is 0 Å². The molecule has 0 N–H and O–H groups in total. The van der Waals surface area contributed by atoms with Crippen LogP contribution in [0.25, 0.3) is 0 Å². The van der Waals surface area contributed by atoms with Crippen LogP contribution in [0.4, 0.5) is 0 Å². The summed E-state index contributed by atoms with van der Waals surface area (Å²) in [6.07, 6.45) is 0.434. The maximum absolute atomic E-state index is 10.9. The van der Waals surface area contributed by atoms with E-state index < -0.39 is 9.05 Å². The monoisotopic (exact) mass is 276 g/mol. The third-order valence-corrected chi connectivity index (χ3v) is 4.11. The fourth-order valence-electron chi connectivity index (χ4n) is 1.95. The van der Waals surface area contributed by atoms with Gasteiger partial charge in [0, 0.05) is 10.7 Å². The molecule has 0 atom stereocenters. The molecule has 0 aromatic heterocycles. The molecule has 1 rings (SSSR count). The second-order valence-electron chi connectivity index (χ2n) is 4.13. The largest absolute Gasteiger partial charge is 0.496 e. The minimum absolute atomic E-state index is 0.0411. The second-order valence-corrected chi connectivity index (χ2v) is 7.03. The minimum atomic E-state index is -3.44. The van der Waals surface area contributed by atoms with Gasteiger partial charge in [-0.1, -0.05) is 6.07 Å². The summed E-state index contributed by atoms with van der Waals surface area (Å²) in [6, 6.07) is 1.96. The Balaban J connectivity index is 3.11. The van der Waals surface area contributed by atoms with E-state index in [9.17, 15) is 8.42 Å². The van der Waals surface area contributed by atoms with Gasteiger partial charge in [0.1, 0.15) is 5.75 Å². The number of rotatable bonds is 4. The van der Waals surface area contributed by atoms with Crippen LogP contribution in [0.3, 0.4) is 0 Å². The van der Waals surface area contributed by atoms with Crippen molar-refractivity contribution in [3.63, 3.8) is 0 Å². The molecule has 0 aliphatic rings. The quantitative estimate of drug-likeness (QED) is 0.794. The Bertz CT molecular complexity index is 521. The summed E-state index contributed by atoms with van der Waals surface area (Å²) in [4.78, 5) is 0. The van der Waals surface area contributed by atoms with Crippen molar-refractivity contribution in [2.75, 3.05) is 12.9 Å². The number of aryl methyl sites for hydroxylation is 2. The predicted molar refractivity (Wildman–Crippen MR) is 70.5 cm³/mol. The van der Waals surface area contributed by atoms with Crippen LogP contribution < -0.4 is 4.74 Å². The Hall–Kier alpha value is -0.740. The average molecular weight is 277 g/mol. The lowest BCUT2D eigenvalue weighted by Gasteiger charge is -2.15. The number of hydrogen-bond donors (Lipinski definition) is 0. The maximum Gasteiger partial charge on any atom is 0.232 e. The molecule has 1 aromatic carbocycles. The summed E-state index contributed by atoms with van der Waals surface area (Å²) in [5.74, 6) is 0.820. The van der Waals surface area contributed by atoms with Gasteiger partial charge in [0.25, 0.3) is 0 Å². The van der Waals surface area contributed by atoms with E-state index in [1.165, 1.54) is 0 Å². The lowest BCUT2D eigenvalue weighted by Crippen LogP contribution is -2.05. The van der Waals surface area contributed by atoms with Crippen LogP contribution in [0.5, 0.6) is 5.75 Å². The lowest BCUT2D eigenvalue weighted by molar-refractivity contribution is 0.408. The zero-order valence-corrected chi connectivity index (χ0v) is 12.1. The second kappa shape index (κ2) is 5.27. The van der Waals surface area contributed by atoms with Crippen LogP contribution in [0.1, 0.15) is 22.3 Å². The van der Waals surface area contributed by atoms with Crippen LogP contribution in [0.2, 0.25) is 0 Å². The van der Waals surface area contributed by atoms with Crippen molar-refractivity contribution in [3.05, 3.63) is 28.3 Å². The van der Waals surface area contributed by atoms with Gasteiger partial charge in [0.05, 0.1) is 12.9 Å². The number of benzene rings is 1. The highest BCUT2D eigenvalue weighted by atomic mass is 35.7. The molecule has 0 spiro atoms. The summed E-state index contributed by atoms with van der Waals surface area (Å²) in [5, 5.41) is 0. The molecule has 0 saturated heterocycles. The zero-order chi connectivity index (χ0) is 13.2. The highest BCUT2D eigenvalue weighted by Gasteiger charge is 2.13. The van der Waals surface area contributed by atoms with Gasteiger partial charge in [-0.05, 0) is 49.4 Å². The molecule has 5 heteroatoms. The van der Waals surface area contributed by atoms with Crippen molar-refractivity contribution >= 4 is 19.7 Å². The molecule has 0 saturated carbocycles. The van der Waals surface area contributed by atoms with E-state index in [1.54, 1.807) is 7.11 Å². The Kier molecular flexibility index (Phi) is 4.44. The van der Waals surface area contributed by atoms with Crippen molar-refractivity contribution in [2.45, 2.75) is 27.2 Å². The predicted octanol–water partition coefficient (Wildman–Crippen LogP) is 2.73. The molecule has 0 radical (unpaired) electrons. The lowest BCUT2D eigenvalue weighted by atomic mass is 9.97. The molecular formula is C12H17ClO3S. The molecule has 0 heterocycles. The summed E-state index contributed by atoms with van der Waals surface area (Å²) >= 11 is 0. The third kappa shape index (κ3) is 3.61. The van der Waals surface area contributed by atoms with Crippen LogP contribution >= 0.6 is 10.7 Å². The van der Waals surface area contributed by atoms with Gasteiger partial charge in [-0.25, -0.2) is 8.42 Å². The Morgan fingerprint density at radius 1 is 1.24 bits per heavy atom. The van der Waals surface area contributed by atoms with Gasteiger partial charge in [-0.3, -0.25) is 0 Å². The topological polar surface area (TPSA) is 43.4 Å². The molecule has 17 heavy (non-hydrogen) atoms. The normalized spacial score (nSPS) is 11.6. The van der Waals surface area contributed by atoms with Crippen molar-refractivity contribution in [2.24, 2.45) is 0 Å². The average Bonchev–Trinajstić information content (AvgIpc) is 2.21. The Morgan fingerprint density at radius 2 is 1.82 bits per heavy atom. The minimum Gasteiger partial charge on any atom is -0.496 e. The highest BCUT2D eigenvalue weighted by molar-refractivity contribution is 8.13. The van der Waals surface area contributed by atoms with E-state index in [0.29, 0.717) is 6.42 Å². The van der Waals surface area contributed by atoms with Gasteiger partial charge in [0.15, 0.2) is 0 Å². The zero-order valence-electron chi connectivity index (χ0n) is 10.5. The molecule has 96 valence electrons. The van der Waals surface area contributed by atoms with E-state index in [-0.39, 0.29) is 5.75 Å². The first-order chi connectivity index (χ1) is 7.76. The van der Waals surface area contributed by atoms with E-state index in [1.807, 2.05) is 26.8 Å². The highest BCUT2D eigenvalue weighted by Crippen LogP contribution is 2.28. The first-order valence-electron chi connectivity index (χ1n) is 5.32. The number of methoxy groups -OCH3 is 1. The molecule has 0 bridgehead atoms. The first-order valence-corrected chi connectivity index (χ1v) is 7.80. The molecule has 0 aliphatic carbocycles. The number of ether oxygens (including phenoxy) is 1. The molecular weight excluding hydrogens is 260 g/mol. The van der Waals surface area contributed by atoms with E-state index in [2.05, 4.69) is 0 Å². The van der Waals surface area contributed by atoms with Gasteiger partial charge in [-0.2, -0.15) is 0 Å². The Labute approximate surface area is 107 Å². The smallest absolute Gasteiger partial charge is 0.232 e. The SMILES string of the molecule is COc1c(C)cc(CCS(=O)(=O)Cl)c(C)c1C. The number of halogens is 1. The summed E-state index contributed by atoms with van der Waals surface area (Å²) in [5.41, 5.74) is 4.13. The fraction of sp³-hybridized carbons (Fsp3) is 0.500. The van der Waals surface area contributed by atoms with Gasteiger partial charge in [-0.15, -0.1) is 0 Å². The van der Waals surface area contributed by atoms with Crippen LogP contribution in [-0.2, 0) is 15.5 Å². The third-order valence-electron chi connectivity index (χ3n) is 2.95. The van der Waals surface area contributed by atoms with E-state index in [4.69, 9.17) is 15.4 Å². The standard InChI is InChI=1S/C12H17ClO3S/c1-8-7-11(5-6-17(13,14)15)9(2)10(3)12(8)16-4/h7H,5-6H2,1-4H3. The molecule has 0 unspecified atom stereocenters. The molecule has 3 nitrogen and oxygen atoms in total. The van der Waals surface area contributed by atoms with Gasteiger partial charge >= 0.3 is 0 Å². The summed E-state index contributed by atoms with van der Waals surface area (Å²) in [6.45, 7) is 5.89. The summed E-state index contributed by atoms with van der Waals surface area (Å²) < 4.78 is 27.2. The first kappa shape index (κ1) is 14.3. The summed E-state index contributed by atoms with van der Waals surface area (Å²) in [7, 11) is 3.42. The molecule has 0 fully saturated rings. The van der Waals surface area contributed by atoms with Gasteiger partial charge in [0.2, 0.25) is 9.05 Å².